The average Bonchev–Trinajstić information content (AvgIpc) is 3.39. The largest absolute Gasteiger partial charge is 0.449 e. The van der Waals surface area contributed by atoms with Gasteiger partial charge in [0.1, 0.15) is 5.69 Å². The summed E-state index contributed by atoms with van der Waals surface area (Å²) in [5, 5.41) is 11.3. The summed E-state index contributed by atoms with van der Waals surface area (Å²) in [5.41, 5.74) is 6.63. The normalized spacial score (nSPS) is 10.7. The number of nitrogens with zero attached hydrogens (tertiary/aromatic N) is 4. The van der Waals surface area contributed by atoms with E-state index in [4.69, 9.17) is 4.74 Å². The molecule has 0 aliphatic rings. The van der Waals surface area contributed by atoms with Gasteiger partial charge in [0.05, 0.1) is 25.0 Å². The van der Waals surface area contributed by atoms with Gasteiger partial charge in [0, 0.05) is 29.9 Å². The summed E-state index contributed by atoms with van der Waals surface area (Å²) < 4.78 is 7.24. The SMILES string of the molecule is O=C(Nc1ccccc1-c1ccccc1)OCCc1ccc(Cn2cc(-c3cccnc3)nn2)cc1. The second-order valence-corrected chi connectivity index (χ2v) is 8.28. The van der Waals surface area contributed by atoms with Gasteiger partial charge in [0.25, 0.3) is 0 Å². The minimum absolute atomic E-state index is 0.288. The van der Waals surface area contributed by atoms with Gasteiger partial charge in [-0.05, 0) is 34.9 Å². The number of amides is 1. The van der Waals surface area contributed by atoms with E-state index in [9.17, 15) is 4.79 Å². The van der Waals surface area contributed by atoms with Gasteiger partial charge in [0.2, 0.25) is 0 Å². The average molecular weight is 476 g/mol. The van der Waals surface area contributed by atoms with Crippen LogP contribution in [0, 0.1) is 0 Å². The number of aromatic nitrogens is 4. The van der Waals surface area contributed by atoms with Crippen molar-refractivity contribution in [3.05, 3.63) is 121 Å². The van der Waals surface area contributed by atoms with Crippen LogP contribution in [0.5, 0.6) is 0 Å². The molecule has 36 heavy (non-hydrogen) atoms. The van der Waals surface area contributed by atoms with E-state index in [1.165, 1.54) is 0 Å². The first kappa shape index (κ1) is 23.0. The minimum atomic E-state index is -0.467. The van der Waals surface area contributed by atoms with Crippen LogP contribution in [0.25, 0.3) is 22.4 Å². The summed E-state index contributed by atoms with van der Waals surface area (Å²) in [5.74, 6) is 0. The number of nitrogens with one attached hydrogen (secondary N) is 1. The van der Waals surface area contributed by atoms with Gasteiger partial charge in [-0.25, -0.2) is 9.48 Å². The topological polar surface area (TPSA) is 81.9 Å². The molecule has 2 aromatic heterocycles. The van der Waals surface area contributed by atoms with Crippen LogP contribution in [-0.4, -0.2) is 32.7 Å². The van der Waals surface area contributed by atoms with Gasteiger partial charge >= 0.3 is 6.09 Å². The van der Waals surface area contributed by atoms with Crippen molar-refractivity contribution in [2.24, 2.45) is 0 Å². The number of benzene rings is 3. The molecule has 0 aliphatic heterocycles. The van der Waals surface area contributed by atoms with Crippen LogP contribution < -0.4 is 5.32 Å². The number of para-hydroxylation sites is 1. The number of ether oxygens (including phenoxy) is 1. The zero-order valence-electron chi connectivity index (χ0n) is 19.6. The Morgan fingerprint density at radius 2 is 1.58 bits per heavy atom. The molecule has 7 nitrogen and oxygen atoms in total. The van der Waals surface area contributed by atoms with Crippen molar-refractivity contribution in [3.63, 3.8) is 0 Å². The Labute approximate surface area is 209 Å². The number of anilines is 1. The maximum Gasteiger partial charge on any atom is 0.411 e. The third-order valence-electron chi connectivity index (χ3n) is 5.74. The summed E-state index contributed by atoms with van der Waals surface area (Å²) in [7, 11) is 0. The monoisotopic (exact) mass is 475 g/mol. The molecule has 0 fully saturated rings. The van der Waals surface area contributed by atoms with Crippen molar-refractivity contribution >= 4 is 11.8 Å². The van der Waals surface area contributed by atoms with E-state index in [0.717, 1.165) is 39.2 Å². The van der Waals surface area contributed by atoms with E-state index in [0.29, 0.717) is 13.0 Å². The summed E-state index contributed by atoms with van der Waals surface area (Å²) >= 11 is 0. The molecule has 0 radical (unpaired) electrons. The minimum Gasteiger partial charge on any atom is -0.449 e. The van der Waals surface area contributed by atoms with Crippen molar-refractivity contribution in [1.82, 2.24) is 20.0 Å². The predicted molar refractivity (Wildman–Crippen MR) is 139 cm³/mol. The Morgan fingerprint density at radius 1 is 0.833 bits per heavy atom. The number of hydrogen-bond acceptors (Lipinski definition) is 5. The Kier molecular flexibility index (Phi) is 7.09. The van der Waals surface area contributed by atoms with Crippen molar-refractivity contribution in [2.75, 3.05) is 11.9 Å². The third-order valence-corrected chi connectivity index (χ3v) is 5.74. The molecule has 0 aliphatic carbocycles. The van der Waals surface area contributed by atoms with E-state index < -0.39 is 6.09 Å². The van der Waals surface area contributed by atoms with Gasteiger partial charge in [-0.3, -0.25) is 10.3 Å². The number of carbonyl (C=O) groups excluding carboxylic acids is 1. The lowest BCUT2D eigenvalue weighted by Crippen LogP contribution is -2.15. The van der Waals surface area contributed by atoms with Crippen LogP contribution in [0.2, 0.25) is 0 Å². The molecule has 0 atom stereocenters. The van der Waals surface area contributed by atoms with E-state index in [1.54, 1.807) is 17.1 Å². The lowest BCUT2D eigenvalue weighted by Gasteiger charge is -2.12. The smallest absolute Gasteiger partial charge is 0.411 e. The van der Waals surface area contributed by atoms with Gasteiger partial charge < -0.3 is 4.74 Å². The first-order valence-electron chi connectivity index (χ1n) is 11.7. The highest BCUT2D eigenvalue weighted by Crippen LogP contribution is 2.27. The Balaban J connectivity index is 1.11. The lowest BCUT2D eigenvalue weighted by molar-refractivity contribution is 0.163. The molecule has 178 valence electrons. The molecule has 0 bridgehead atoms. The summed E-state index contributed by atoms with van der Waals surface area (Å²) in [4.78, 5) is 16.5. The van der Waals surface area contributed by atoms with E-state index in [-0.39, 0.29) is 6.61 Å². The van der Waals surface area contributed by atoms with Gasteiger partial charge in [-0.15, -0.1) is 5.10 Å². The molecule has 0 unspecified atom stereocenters. The van der Waals surface area contributed by atoms with Crippen molar-refractivity contribution in [2.45, 2.75) is 13.0 Å². The first-order chi connectivity index (χ1) is 17.7. The molecular formula is C29H25N5O2. The third kappa shape index (κ3) is 5.82. The highest BCUT2D eigenvalue weighted by Gasteiger charge is 2.09. The fourth-order valence-corrected chi connectivity index (χ4v) is 3.89. The summed E-state index contributed by atoms with van der Waals surface area (Å²) in [6.07, 6.45) is 5.58. The molecule has 0 spiro atoms. The van der Waals surface area contributed by atoms with Crippen molar-refractivity contribution in [3.8, 4) is 22.4 Å². The predicted octanol–water partition coefficient (Wildman–Crippen LogP) is 5.85. The van der Waals surface area contributed by atoms with Crippen LogP contribution in [0.3, 0.4) is 0 Å². The van der Waals surface area contributed by atoms with E-state index >= 15 is 0 Å². The molecule has 1 amide bonds. The molecule has 0 saturated carbocycles. The van der Waals surface area contributed by atoms with E-state index in [1.807, 2.05) is 85.1 Å². The van der Waals surface area contributed by atoms with Crippen molar-refractivity contribution in [1.29, 1.82) is 0 Å². The molecular weight excluding hydrogens is 450 g/mol. The zero-order valence-corrected chi connectivity index (χ0v) is 19.6. The second-order valence-electron chi connectivity index (χ2n) is 8.28. The number of hydrogen-bond donors (Lipinski definition) is 1. The molecule has 2 heterocycles. The number of rotatable bonds is 8. The Morgan fingerprint density at radius 3 is 2.39 bits per heavy atom. The molecule has 3 aromatic carbocycles. The van der Waals surface area contributed by atoms with Gasteiger partial charge in [-0.2, -0.15) is 0 Å². The van der Waals surface area contributed by atoms with E-state index in [2.05, 4.69) is 32.7 Å². The van der Waals surface area contributed by atoms with Crippen molar-refractivity contribution < 1.29 is 9.53 Å². The van der Waals surface area contributed by atoms with Crippen LogP contribution >= 0.6 is 0 Å². The maximum absolute atomic E-state index is 12.4. The van der Waals surface area contributed by atoms with Crippen LogP contribution in [-0.2, 0) is 17.7 Å². The fourth-order valence-electron chi connectivity index (χ4n) is 3.89. The standard InChI is InChI=1S/C29H25N5O2/c35-29(31-27-11-5-4-10-26(27)24-7-2-1-3-8-24)36-18-16-22-12-14-23(15-13-22)20-34-21-28(32-33-34)25-9-6-17-30-19-25/h1-15,17,19,21H,16,18,20H2,(H,31,35). The molecule has 7 heteroatoms. The Hall–Kier alpha value is -4.78. The highest BCUT2D eigenvalue weighted by atomic mass is 16.5. The number of pyridine rings is 1. The van der Waals surface area contributed by atoms with Gasteiger partial charge in [0.15, 0.2) is 0 Å². The molecule has 1 N–H and O–H groups in total. The zero-order chi connectivity index (χ0) is 24.6. The second kappa shape index (κ2) is 11.1. The summed E-state index contributed by atoms with van der Waals surface area (Å²) in [6.45, 7) is 0.906. The maximum atomic E-state index is 12.4. The molecule has 5 aromatic rings. The van der Waals surface area contributed by atoms with Gasteiger partial charge in [-0.1, -0.05) is 78.0 Å². The Bertz CT molecular complexity index is 1420. The quantitative estimate of drug-likeness (QED) is 0.305. The first-order valence-corrected chi connectivity index (χ1v) is 11.7. The lowest BCUT2D eigenvalue weighted by atomic mass is 10.0. The van der Waals surface area contributed by atoms with Crippen LogP contribution in [0.1, 0.15) is 11.1 Å². The highest BCUT2D eigenvalue weighted by molar-refractivity contribution is 5.91. The molecule has 5 rings (SSSR count). The molecule has 0 saturated heterocycles. The number of carbonyl (C=O) groups is 1. The summed E-state index contributed by atoms with van der Waals surface area (Å²) in [6, 6.07) is 29.7. The van der Waals surface area contributed by atoms with Crippen LogP contribution in [0.15, 0.2) is 110 Å². The fraction of sp³-hybridized carbons (Fsp3) is 0.103. The van der Waals surface area contributed by atoms with Crippen LogP contribution in [0.4, 0.5) is 10.5 Å².